The number of halogens is 6. The van der Waals surface area contributed by atoms with Gasteiger partial charge in [0, 0.05) is 29.1 Å². The minimum absolute atomic E-state index is 0.0412. The Morgan fingerprint density at radius 2 is 1.58 bits per heavy atom. The molecule has 0 aliphatic heterocycles. The van der Waals surface area contributed by atoms with Crippen LogP contribution >= 0.6 is 34.8 Å². The number of amides is 2. The van der Waals surface area contributed by atoms with Gasteiger partial charge in [-0.2, -0.15) is 13.2 Å². The molecule has 232 valence electrons. The van der Waals surface area contributed by atoms with Crippen LogP contribution in [0.2, 0.25) is 15.1 Å². The van der Waals surface area contributed by atoms with Crippen molar-refractivity contribution < 1.29 is 31.2 Å². The van der Waals surface area contributed by atoms with E-state index in [1.54, 1.807) is 50.2 Å². The molecule has 1 N–H and O–H groups in total. The molecule has 1 atom stereocenters. The van der Waals surface area contributed by atoms with Crippen molar-refractivity contribution in [3.05, 3.63) is 98.5 Å². The van der Waals surface area contributed by atoms with Gasteiger partial charge in [0.25, 0.3) is 0 Å². The molecule has 0 saturated heterocycles. The summed E-state index contributed by atoms with van der Waals surface area (Å²) in [5, 5.41) is 2.98. The summed E-state index contributed by atoms with van der Waals surface area (Å²) in [4.78, 5) is 28.8. The first-order chi connectivity index (χ1) is 20.0. The van der Waals surface area contributed by atoms with Gasteiger partial charge in [0.2, 0.25) is 21.8 Å². The lowest BCUT2D eigenvalue weighted by molar-refractivity contribution is -0.140. The van der Waals surface area contributed by atoms with Crippen LogP contribution in [0.5, 0.6) is 0 Å². The first kappa shape index (κ1) is 34.5. The quantitative estimate of drug-likeness (QED) is 0.248. The second-order valence-corrected chi connectivity index (χ2v) is 13.2. The second kappa shape index (κ2) is 14.2. The third-order valence-corrected chi connectivity index (χ3v) is 8.31. The average molecular weight is 679 g/mol. The molecule has 0 heterocycles. The van der Waals surface area contributed by atoms with Gasteiger partial charge in [-0.3, -0.25) is 13.9 Å². The standard InChI is InChI=1S/C29H29Cl3F3N3O4S/c1-18(2)36-28(40)26(13-19-7-5-4-6-8-19)37(16-20-9-11-22(30)15-24(20)32)27(39)17-38(43(3,41)42)25-14-21(29(33,34)35)10-12-23(25)31/h4-12,14-15,18,26H,13,16-17H2,1-3H3,(H,36,40)/t26-/m1/s1. The van der Waals surface area contributed by atoms with E-state index < -0.39 is 51.9 Å². The number of hydrogen-bond acceptors (Lipinski definition) is 4. The topological polar surface area (TPSA) is 86.8 Å². The molecule has 0 fully saturated rings. The number of carbonyl (C=O) groups is 2. The van der Waals surface area contributed by atoms with Crippen molar-refractivity contribution in [1.29, 1.82) is 0 Å². The van der Waals surface area contributed by atoms with Crippen LogP contribution in [-0.2, 0) is 38.8 Å². The van der Waals surface area contributed by atoms with Crippen LogP contribution < -0.4 is 9.62 Å². The maximum absolute atomic E-state index is 14.1. The van der Waals surface area contributed by atoms with Gasteiger partial charge in [-0.25, -0.2) is 8.42 Å². The molecule has 3 rings (SSSR count). The van der Waals surface area contributed by atoms with E-state index >= 15 is 0 Å². The summed E-state index contributed by atoms with van der Waals surface area (Å²) in [7, 11) is -4.35. The molecule has 43 heavy (non-hydrogen) atoms. The number of sulfonamides is 1. The predicted octanol–water partition coefficient (Wildman–Crippen LogP) is 6.60. The SMILES string of the molecule is CC(C)NC(=O)[C@@H](Cc1ccccc1)N(Cc1ccc(Cl)cc1Cl)C(=O)CN(c1cc(C(F)(F)F)ccc1Cl)S(C)(=O)=O. The van der Waals surface area contributed by atoms with Crippen LogP contribution in [0.4, 0.5) is 18.9 Å². The van der Waals surface area contributed by atoms with Crippen molar-refractivity contribution in [3.8, 4) is 0 Å². The third kappa shape index (κ3) is 9.50. The first-order valence-electron chi connectivity index (χ1n) is 12.9. The van der Waals surface area contributed by atoms with Crippen LogP contribution in [0, 0.1) is 0 Å². The molecule has 0 aliphatic carbocycles. The molecular formula is C29H29Cl3F3N3O4S. The number of anilines is 1. The van der Waals surface area contributed by atoms with Gasteiger partial charge in [0.15, 0.2) is 0 Å². The highest BCUT2D eigenvalue weighted by Gasteiger charge is 2.36. The summed E-state index contributed by atoms with van der Waals surface area (Å²) in [6.45, 7) is 2.28. The number of nitrogens with zero attached hydrogens (tertiary/aromatic N) is 2. The van der Waals surface area contributed by atoms with Crippen molar-refractivity contribution in [2.45, 2.75) is 45.1 Å². The highest BCUT2D eigenvalue weighted by Crippen LogP contribution is 2.36. The van der Waals surface area contributed by atoms with E-state index in [2.05, 4.69) is 5.32 Å². The fourth-order valence-electron chi connectivity index (χ4n) is 4.24. The molecule has 0 aromatic heterocycles. The van der Waals surface area contributed by atoms with E-state index in [9.17, 15) is 31.2 Å². The summed E-state index contributed by atoms with van der Waals surface area (Å²) in [6.07, 6.45) is -4.02. The summed E-state index contributed by atoms with van der Waals surface area (Å²) >= 11 is 18.6. The number of benzene rings is 3. The van der Waals surface area contributed by atoms with Gasteiger partial charge >= 0.3 is 6.18 Å². The lowest BCUT2D eigenvalue weighted by Gasteiger charge is -2.34. The van der Waals surface area contributed by atoms with E-state index in [1.165, 1.54) is 12.1 Å². The molecule has 14 heteroatoms. The second-order valence-electron chi connectivity index (χ2n) is 10.1. The van der Waals surface area contributed by atoms with Crippen LogP contribution in [0.25, 0.3) is 0 Å². The van der Waals surface area contributed by atoms with Crippen molar-refractivity contribution in [1.82, 2.24) is 10.2 Å². The molecule has 0 spiro atoms. The Morgan fingerprint density at radius 3 is 2.14 bits per heavy atom. The van der Waals surface area contributed by atoms with Crippen LogP contribution in [0.1, 0.15) is 30.5 Å². The summed E-state index contributed by atoms with van der Waals surface area (Å²) in [5.74, 6) is -1.41. The van der Waals surface area contributed by atoms with E-state index in [0.717, 1.165) is 17.2 Å². The first-order valence-corrected chi connectivity index (χ1v) is 15.9. The molecule has 3 aromatic carbocycles. The Labute approximate surface area is 263 Å². The molecule has 0 aliphatic rings. The number of hydrogen-bond donors (Lipinski definition) is 1. The maximum Gasteiger partial charge on any atom is 0.416 e. The fraction of sp³-hybridized carbons (Fsp3) is 0.310. The largest absolute Gasteiger partial charge is 0.416 e. The van der Waals surface area contributed by atoms with Crippen LogP contribution in [0.3, 0.4) is 0 Å². The van der Waals surface area contributed by atoms with Gasteiger partial charge < -0.3 is 10.2 Å². The molecule has 0 bridgehead atoms. The molecule has 3 aromatic rings. The fourth-order valence-corrected chi connectivity index (χ4v) is 5.83. The van der Waals surface area contributed by atoms with Gasteiger partial charge in [-0.05, 0) is 55.3 Å². The lowest BCUT2D eigenvalue weighted by Crippen LogP contribution is -2.54. The Hall–Kier alpha value is -2.99. The number of nitrogens with one attached hydrogen (secondary N) is 1. The summed E-state index contributed by atoms with van der Waals surface area (Å²) in [5.41, 5.74) is -0.593. The molecule has 7 nitrogen and oxygen atoms in total. The Kier molecular flexibility index (Phi) is 11.4. The maximum atomic E-state index is 14.1. The van der Waals surface area contributed by atoms with Gasteiger partial charge in [0.1, 0.15) is 12.6 Å². The molecular weight excluding hydrogens is 650 g/mol. The highest BCUT2D eigenvalue weighted by atomic mass is 35.5. The van der Waals surface area contributed by atoms with E-state index in [0.29, 0.717) is 32.6 Å². The average Bonchev–Trinajstić information content (AvgIpc) is 2.89. The zero-order valence-corrected chi connectivity index (χ0v) is 26.4. The van der Waals surface area contributed by atoms with Crippen LogP contribution in [-0.4, -0.2) is 50.0 Å². The Bertz CT molecular complexity index is 1570. The normalized spacial score (nSPS) is 12.6. The zero-order valence-electron chi connectivity index (χ0n) is 23.3. The van der Waals surface area contributed by atoms with Gasteiger partial charge in [-0.1, -0.05) is 71.2 Å². The molecule has 0 saturated carbocycles. The van der Waals surface area contributed by atoms with Gasteiger partial charge in [0.05, 0.1) is 22.5 Å². The van der Waals surface area contributed by atoms with Crippen LogP contribution in [0.15, 0.2) is 66.7 Å². The monoisotopic (exact) mass is 677 g/mol. The Balaban J connectivity index is 2.14. The number of carbonyl (C=O) groups excluding carboxylic acids is 2. The molecule has 0 unspecified atom stereocenters. The minimum atomic E-state index is -4.81. The molecule has 2 amide bonds. The summed E-state index contributed by atoms with van der Waals surface area (Å²) in [6, 6.07) is 14.1. The number of rotatable bonds is 11. The van der Waals surface area contributed by atoms with Crippen molar-refractivity contribution in [3.63, 3.8) is 0 Å². The highest BCUT2D eigenvalue weighted by molar-refractivity contribution is 7.92. The Morgan fingerprint density at radius 1 is 0.930 bits per heavy atom. The third-order valence-electron chi connectivity index (χ3n) is 6.28. The number of alkyl halides is 3. The lowest BCUT2D eigenvalue weighted by atomic mass is 10.0. The summed E-state index contributed by atoms with van der Waals surface area (Å²) < 4.78 is 66.8. The smallest absolute Gasteiger partial charge is 0.352 e. The van der Waals surface area contributed by atoms with Crippen molar-refractivity contribution in [2.24, 2.45) is 0 Å². The predicted molar refractivity (Wildman–Crippen MR) is 163 cm³/mol. The molecule has 0 radical (unpaired) electrons. The van der Waals surface area contributed by atoms with E-state index in [-0.39, 0.29) is 29.1 Å². The van der Waals surface area contributed by atoms with E-state index in [1.807, 2.05) is 0 Å². The van der Waals surface area contributed by atoms with E-state index in [4.69, 9.17) is 34.8 Å². The zero-order chi connectivity index (χ0) is 32.1. The minimum Gasteiger partial charge on any atom is -0.352 e. The van der Waals surface area contributed by atoms with Gasteiger partial charge in [-0.15, -0.1) is 0 Å². The van der Waals surface area contributed by atoms with Crippen molar-refractivity contribution >= 4 is 62.3 Å². The van der Waals surface area contributed by atoms with Crippen molar-refractivity contribution in [2.75, 3.05) is 17.1 Å².